The minimum absolute atomic E-state index is 0.0117. The molecule has 2 amide bonds. The average Bonchev–Trinajstić information content (AvgIpc) is 3.35. The highest BCUT2D eigenvalue weighted by Gasteiger charge is 2.44. The SMILES string of the molecule is CN1C(=O)C(NC(=O)n2cc(Cc3ccc(F)cc3)cn2)COc2ccc(N3CC4(CCOCC4)C3)cc21. The van der Waals surface area contributed by atoms with Crippen molar-refractivity contribution in [1.29, 1.82) is 0 Å². The van der Waals surface area contributed by atoms with Crippen LogP contribution in [0.5, 0.6) is 5.75 Å². The first-order chi connectivity index (χ1) is 18.4. The second-order valence-electron chi connectivity index (χ2n) is 10.4. The maximum absolute atomic E-state index is 13.3. The van der Waals surface area contributed by atoms with Crippen molar-refractivity contribution in [2.45, 2.75) is 25.3 Å². The van der Waals surface area contributed by atoms with E-state index in [9.17, 15) is 14.0 Å². The molecule has 3 aliphatic heterocycles. The molecule has 1 atom stereocenters. The summed E-state index contributed by atoms with van der Waals surface area (Å²) >= 11 is 0. The lowest BCUT2D eigenvalue weighted by Crippen LogP contribution is -2.58. The number of aromatic nitrogens is 2. The summed E-state index contributed by atoms with van der Waals surface area (Å²) in [6.45, 7) is 3.63. The Balaban J connectivity index is 1.10. The third-order valence-electron chi connectivity index (χ3n) is 7.77. The number of carbonyl (C=O) groups excluding carboxylic acids is 2. The predicted molar refractivity (Wildman–Crippen MR) is 139 cm³/mol. The zero-order chi connectivity index (χ0) is 26.3. The molecular formula is C28H30FN5O4. The molecule has 9 nitrogen and oxygen atoms in total. The van der Waals surface area contributed by atoms with Crippen molar-refractivity contribution < 1.29 is 23.5 Å². The van der Waals surface area contributed by atoms with Gasteiger partial charge in [-0.2, -0.15) is 9.78 Å². The summed E-state index contributed by atoms with van der Waals surface area (Å²) < 4.78 is 25.8. The summed E-state index contributed by atoms with van der Waals surface area (Å²) in [4.78, 5) is 30.1. The zero-order valence-electron chi connectivity index (χ0n) is 21.2. The Morgan fingerprint density at radius 1 is 1.13 bits per heavy atom. The van der Waals surface area contributed by atoms with Crippen LogP contribution in [0.1, 0.15) is 24.0 Å². The number of fused-ring (bicyclic) bond motifs is 1. The van der Waals surface area contributed by atoms with Crippen LogP contribution in [0.4, 0.5) is 20.6 Å². The Morgan fingerprint density at radius 3 is 2.66 bits per heavy atom. The number of nitrogens with zero attached hydrogens (tertiary/aromatic N) is 4. The summed E-state index contributed by atoms with van der Waals surface area (Å²) in [5.74, 6) is 0.0344. The van der Waals surface area contributed by atoms with E-state index in [1.54, 1.807) is 36.5 Å². The number of hydrogen-bond acceptors (Lipinski definition) is 6. The minimum Gasteiger partial charge on any atom is -0.489 e. The fourth-order valence-corrected chi connectivity index (χ4v) is 5.47. The molecule has 1 N–H and O–H groups in total. The third kappa shape index (κ3) is 4.71. The van der Waals surface area contributed by atoms with Crippen LogP contribution in [0.2, 0.25) is 0 Å². The van der Waals surface area contributed by atoms with Crippen LogP contribution in [0.15, 0.2) is 54.9 Å². The molecule has 1 unspecified atom stereocenters. The van der Waals surface area contributed by atoms with Crippen molar-refractivity contribution in [3.8, 4) is 5.75 Å². The van der Waals surface area contributed by atoms with Gasteiger partial charge in [0, 0.05) is 57.1 Å². The fourth-order valence-electron chi connectivity index (χ4n) is 5.47. The van der Waals surface area contributed by atoms with Gasteiger partial charge in [-0.1, -0.05) is 12.1 Å². The normalized spacial score (nSPS) is 20.4. The molecule has 0 radical (unpaired) electrons. The number of ether oxygens (including phenoxy) is 2. The summed E-state index contributed by atoms with van der Waals surface area (Å²) in [7, 11) is 1.70. The molecule has 2 aromatic carbocycles. The van der Waals surface area contributed by atoms with E-state index < -0.39 is 12.1 Å². The first-order valence-electron chi connectivity index (χ1n) is 12.9. The Hall–Kier alpha value is -3.92. The van der Waals surface area contributed by atoms with Crippen LogP contribution in [-0.2, 0) is 16.0 Å². The molecule has 0 bridgehead atoms. The van der Waals surface area contributed by atoms with Gasteiger partial charge in [-0.05, 0) is 54.3 Å². The van der Waals surface area contributed by atoms with Gasteiger partial charge in [0.2, 0.25) is 0 Å². The van der Waals surface area contributed by atoms with Crippen molar-refractivity contribution in [2.24, 2.45) is 5.41 Å². The first-order valence-corrected chi connectivity index (χ1v) is 12.9. The number of amides is 2. The molecule has 10 heteroatoms. The van der Waals surface area contributed by atoms with Crippen molar-refractivity contribution in [1.82, 2.24) is 15.1 Å². The van der Waals surface area contributed by atoms with Gasteiger partial charge in [0.1, 0.15) is 24.2 Å². The summed E-state index contributed by atoms with van der Waals surface area (Å²) in [5.41, 5.74) is 3.76. The van der Waals surface area contributed by atoms with Crippen LogP contribution in [0.25, 0.3) is 0 Å². The minimum atomic E-state index is -0.873. The molecule has 3 aliphatic rings. The number of benzene rings is 2. The lowest BCUT2D eigenvalue weighted by molar-refractivity contribution is -0.120. The summed E-state index contributed by atoms with van der Waals surface area (Å²) in [5, 5.41) is 6.88. The van der Waals surface area contributed by atoms with E-state index in [1.165, 1.54) is 12.1 Å². The van der Waals surface area contributed by atoms with Gasteiger partial charge in [-0.25, -0.2) is 9.18 Å². The average molecular weight is 520 g/mol. The lowest BCUT2D eigenvalue weighted by atomic mass is 9.73. The van der Waals surface area contributed by atoms with Crippen LogP contribution in [0, 0.1) is 11.2 Å². The molecule has 0 saturated carbocycles. The van der Waals surface area contributed by atoms with Crippen LogP contribution in [0.3, 0.4) is 0 Å². The van der Waals surface area contributed by atoms with Gasteiger partial charge < -0.3 is 24.6 Å². The van der Waals surface area contributed by atoms with E-state index in [-0.39, 0.29) is 18.3 Å². The van der Waals surface area contributed by atoms with Crippen molar-refractivity contribution >= 4 is 23.3 Å². The van der Waals surface area contributed by atoms with E-state index in [4.69, 9.17) is 9.47 Å². The van der Waals surface area contributed by atoms with E-state index in [0.29, 0.717) is 23.3 Å². The third-order valence-corrected chi connectivity index (χ3v) is 7.77. The number of likely N-dealkylation sites (N-methyl/N-ethyl adjacent to an activating group) is 1. The summed E-state index contributed by atoms with van der Waals surface area (Å²) in [6.07, 6.45) is 5.86. The number of hydrogen-bond donors (Lipinski definition) is 1. The van der Waals surface area contributed by atoms with Gasteiger partial charge >= 0.3 is 6.03 Å². The number of anilines is 2. The van der Waals surface area contributed by atoms with Crippen LogP contribution < -0.4 is 19.9 Å². The molecule has 4 heterocycles. The van der Waals surface area contributed by atoms with Gasteiger partial charge in [0.05, 0.1) is 11.9 Å². The fraction of sp³-hybridized carbons (Fsp3) is 0.393. The predicted octanol–water partition coefficient (Wildman–Crippen LogP) is 3.21. The molecule has 1 spiro atoms. The molecule has 1 aromatic heterocycles. The molecular weight excluding hydrogens is 489 g/mol. The van der Waals surface area contributed by atoms with E-state index in [2.05, 4.69) is 15.3 Å². The molecule has 198 valence electrons. The van der Waals surface area contributed by atoms with Crippen molar-refractivity contribution in [2.75, 3.05) is 49.8 Å². The lowest BCUT2D eigenvalue weighted by Gasteiger charge is -2.53. The highest BCUT2D eigenvalue weighted by Crippen LogP contribution is 2.44. The maximum Gasteiger partial charge on any atom is 0.342 e. The van der Waals surface area contributed by atoms with E-state index >= 15 is 0 Å². The molecule has 2 fully saturated rings. The Kier molecular flexibility index (Phi) is 6.27. The number of nitrogens with one attached hydrogen (secondary N) is 1. The zero-order valence-corrected chi connectivity index (χ0v) is 21.2. The highest BCUT2D eigenvalue weighted by atomic mass is 19.1. The van der Waals surface area contributed by atoms with E-state index in [1.807, 2.05) is 18.2 Å². The quantitative estimate of drug-likeness (QED) is 0.570. The van der Waals surface area contributed by atoms with Crippen molar-refractivity contribution in [3.63, 3.8) is 0 Å². The maximum atomic E-state index is 13.3. The topological polar surface area (TPSA) is 88.9 Å². The van der Waals surface area contributed by atoms with Gasteiger partial charge in [0.15, 0.2) is 0 Å². The Labute approximate surface area is 220 Å². The van der Waals surface area contributed by atoms with Crippen LogP contribution >= 0.6 is 0 Å². The van der Waals surface area contributed by atoms with Gasteiger partial charge in [-0.15, -0.1) is 0 Å². The van der Waals surface area contributed by atoms with Gasteiger partial charge in [-0.3, -0.25) is 4.79 Å². The second-order valence-corrected chi connectivity index (χ2v) is 10.4. The largest absolute Gasteiger partial charge is 0.489 e. The summed E-state index contributed by atoms with van der Waals surface area (Å²) in [6, 6.07) is 10.7. The highest BCUT2D eigenvalue weighted by molar-refractivity contribution is 6.01. The number of rotatable bonds is 4. The standard InChI is InChI=1S/C28H30FN5O4/c1-32-24-13-22(33-17-28(18-33)8-10-37-11-9-28)6-7-25(24)38-16-23(26(32)35)31-27(36)34-15-20(14-30-34)12-19-2-4-21(29)5-3-19/h2-7,13-15,23H,8-12,16-18H2,1H3,(H,31,36). The van der Waals surface area contributed by atoms with E-state index in [0.717, 1.165) is 60.6 Å². The monoisotopic (exact) mass is 519 g/mol. The number of halogens is 1. The molecule has 38 heavy (non-hydrogen) atoms. The second kappa shape index (κ2) is 9.75. The smallest absolute Gasteiger partial charge is 0.342 e. The van der Waals surface area contributed by atoms with Gasteiger partial charge in [0.25, 0.3) is 5.91 Å². The molecule has 6 rings (SSSR count). The molecule has 3 aromatic rings. The molecule has 2 saturated heterocycles. The Bertz CT molecular complexity index is 1340. The van der Waals surface area contributed by atoms with Crippen molar-refractivity contribution in [3.05, 3.63) is 71.8 Å². The molecule has 0 aliphatic carbocycles. The first kappa shape index (κ1) is 24.4. The van der Waals surface area contributed by atoms with Crippen LogP contribution in [-0.4, -0.2) is 67.7 Å². The number of carbonyl (C=O) groups is 2. The Morgan fingerprint density at radius 2 is 1.89 bits per heavy atom.